The standard InChI is InChI=1S/C16H16Cl2N2O2S.ClH/c17-13-7-4-8-15(16(13)18)23(21,22)20-9-12(14(19)10-20)11-5-2-1-3-6-11;/h1-8,12,14H,9-10,19H2;1H/t12-,14+;/m0./s1. The van der Waals surface area contributed by atoms with Crippen molar-refractivity contribution >= 4 is 45.6 Å². The molecule has 1 aliphatic rings. The molecule has 0 spiro atoms. The molecular weight excluding hydrogens is 391 g/mol. The fourth-order valence-electron chi connectivity index (χ4n) is 2.86. The summed E-state index contributed by atoms with van der Waals surface area (Å²) in [6, 6.07) is 14.0. The number of nitrogens with two attached hydrogens (primary N) is 1. The molecule has 1 fully saturated rings. The Morgan fingerprint density at radius 1 is 1.00 bits per heavy atom. The molecule has 0 amide bonds. The summed E-state index contributed by atoms with van der Waals surface area (Å²) in [5.41, 5.74) is 7.22. The first kappa shape index (κ1) is 19.5. The van der Waals surface area contributed by atoms with Crippen molar-refractivity contribution in [3.8, 4) is 0 Å². The van der Waals surface area contributed by atoms with Gasteiger partial charge < -0.3 is 5.73 Å². The van der Waals surface area contributed by atoms with Crippen molar-refractivity contribution in [3.05, 3.63) is 64.1 Å². The maximum absolute atomic E-state index is 12.9. The van der Waals surface area contributed by atoms with Gasteiger partial charge in [0.1, 0.15) is 4.90 Å². The maximum Gasteiger partial charge on any atom is 0.244 e. The van der Waals surface area contributed by atoms with Gasteiger partial charge in [0.05, 0.1) is 10.0 Å². The van der Waals surface area contributed by atoms with Crippen LogP contribution >= 0.6 is 35.6 Å². The van der Waals surface area contributed by atoms with Gasteiger partial charge in [0.2, 0.25) is 10.0 Å². The molecule has 0 saturated carbocycles. The molecule has 0 unspecified atom stereocenters. The van der Waals surface area contributed by atoms with Crippen LogP contribution in [0.5, 0.6) is 0 Å². The van der Waals surface area contributed by atoms with Crippen molar-refractivity contribution in [1.82, 2.24) is 4.31 Å². The van der Waals surface area contributed by atoms with Crippen LogP contribution in [-0.2, 0) is 10.0 Å². The minimum absolute atomic E-state index is 0. The summed E-state index contributed by atoms with van der Waals surface area (Å²) in [4.78, 5) is 0.0209. The van der Waals surface area contributed by atoms with Gasteiger partial charge in [-0.25, -0.2) is 8.42 Å². The molecule has 0 radical (unpaired) electrons. The lowest BCUT2D eigenvalue weighted by molar-refractivity contribution is 0.470. The van der Waals surface area contributed by atoms with Crippen LogP contribution in [0.25, 0.3) is 0 Å². The summed E-state index contributed by atoms with van der Waals surface area (Å²) in [5, 5.41) is 0.266. The number of sulfonamides is 1. The molecule has 2 N–H and O–H groups in total. The summed E-state index contributed by atoms with van der Waals surface area (Å²) >= 11 is 12.0. The van der Waals surface area contributed by atoms with Gasteiger partial charge in [0.25, 0.3) is 0 Å². The van der Waals surface area contributed by atoms with E-state index in [1.54, 1.807) is 12.1 Å². The minimum Gasteiger partial charge on any atom is -0.326 e. The Morgan fingerprint density at radius 2 is 1.67 bits per heavy atom. The molecule has 0 aliphatic carbocycles. The fraction of sp³-hybridized carbons (Fsp3) is 0.250. The second-order valence-corrected chi connectivity index (χ2v) is 8.25. The van der Waals surface area contributed by atoms with Crippen molar-refractivity contribution in [2.45, 2.75) is 16.9 Å². The average molecular weight is 408 g/mol. The third-order valence-corrected chi connectivity index (χ3v) is 6.90. The second kappa shape index (κ2) is 7.60. The molecule has 4 nitrogen and oxygen atoms in total. The quantitative estimate of drug-likeness (QED) is 0.846. The van der Waals surface area contributed by atoms with Gasteiger partial charge in [-0.1, -0.05) is 59.6 Å². The predicted molar refractivity (Wildman–Crippen MR) is 99.6 cm³/mol. The fourth-order valence-corrected chi connectivity index (χ4v) is 5.10. The predicted octanol–water partition coefficient (Wildman–Crippen LogP) is 3.53. The van der Waals surface area contributed by atoms with Crippen LogP contribution in [0.15, 0.2) is 53.4 Å². The molecule has 0 bridgehead atoms. The van der Waals surface area contributed by atoms with Crippen LogP contribution in [0, 0.1) is 0 Å². The molecule has 1 heterocycles. The van der Waals surface area contributed by atoms with Crippen LogP contribution in [0.1, 0.15) is 11.5 Å². The zero-order chi connectivity index (χ0) is 16.6. The lowest BCUT2D eigenvalue weighted by atomic mass is 9.95. The Morgan fingerprint density at radius 3 is 2.33 bits per heavy atom. The van der Waals surface area contributed by atoms with E-state index < -0.39 is 10.0 Å². The number of benzene rings is 2. The van der Waals surface area contributed by atoms with Crippen LogP contribution in [0.4, 0.5) is 0 Å². The second-order valence-electron chi connectivity index (χ2n) is 5.56. The Kier molecular flexibility index (Phi) is 6.18. The number of rotatable bonds is 3. The van der Waals surface area contributed by atoms with Crippen molar-refractivity contribution in [3.63, 3.8) is 0 Å². The summed E-state index contributed by atoms with van der Waals surface area (Å²) in [7, 11) is -3.73. The molecule has 24 heavy (non-hydrogen) atoms. The molecule has 2 atom stereocenters. The van der Waals surface area contributed by atoms with Gasteiger partial charge in [-0.05, 0) is 17.7 Å². The first-order chi connectivity index (χ1) is 10.9. The Labute approximate surface area is 158 Å². The zero-order valence-corrected chi connectivity index (χ0v) is 15.7. The lowest BCUT2D eigenvalue weighted by Gasteiger charge is -2.17. The SMILES string of the molecule is Cl.N[C@@H]1CN(S(=O)(=O)c2cccc(Cl)c2Cl)C[C@H]1c1ccccc1. The first-order valence-corrected chi connectivity index (χ1v) is 9.35. The van der Waals surface area contributed by atoms with Crippen molar-refractivity contribution < 1.29 is 8.42 Å². The Hall–Kier alpha value is -0.820. The van der Waals surface area contributed by atoms with Gasteiger partial charge in [-0.3, -0.25) is 0 Å². The summed E-state index contributed by atoms with van der Waals surface area (Å²) in [6.07, 6.45) is 0. The van der Waals surface area contributed by atoms with Gasteiger partial charge in [-0.15, -0.1) is 12.4 Å². The number of hydrogen-bond donors (Lipinski definition) is 1. The molecule has 2 aromatic carbocycles. The molecule has 2 aromatic rings. The average Bonchev–Trinajstić information content (AvgIpc) is 2.93. The van der Waals surface area contributed by atoms with Crippen molar-refractivity contribution in [2.24, 2.45) is 5.73 Å². The first-order valence-electron chi connectivity index (χ1n) is 7.16. The zero-order valence-electron chi connectivity index (χ0n) is 12.6. The topological polar surface area (TPSA) is 63.4 Å². The molecule has 130 valence electrons. The van der Waals surface area contributed by atoms with E-state index in [2.05, 4.69) is 0 Å². The normalized spacial score (nSPS) is 21.5. The Balaban J connectivity index is 0.00000208. The third-order valence-electron chi connectivity index (χ3n) is 4.09. The van der Waals surface area contributed by atoms with E-state index in [-0.39, 0.29) is 45.9 Å². The van der Waals surface area contributed by atoms with Crippen LogP contribution < -0.4 is 5.73 Å². The van der Waals surface area contributed by atoms with Gasteiger partial charge in [-0.2, -0.15) is 4.31 Å². The number of nitrogens with zero attached hydrogens (tertiary/aromatic N) is 1. The number of hydrogen-bond acceptors (Lipinski definition) is 3. The third kappa shape index (κ3) is 3.57. The molecule has 3 rings (SSSR count). The van der Waals surface area contributed by atoms with Crippen LogP contribution in [-0.4, -0.2) is 31.9 Å². The summed E-state index contributed by atoms with van der Waals surface area (Å²) in [6.45, 7) is 0.584. The highest BCUT2D eigenvalue weighted by Crippen LogP contribution is 2.35. The van der Waals surface area contributed by atoms with E-state index in [0.29, 0.717) is 6.54 Å². The lowest BCUT2D eigenvalue weighted by Crippen LogP contribution is -2.32. The van der Waals surface area contributed by atoms with E-state index in [9.17, 15) is 8.42 Å². The van der Waals surface area contributed by atoms with Crippen molar-refractivity contribution in [2.75, 3.05) is 13.1 Å². The number of halogens is 3. The molecule has 1 aliphatic heterocycles. The summed E-state index contributed by atoms with van der Waals surface area (Å²) in [5.74, 6) is -0.0380. The molecule has 1 saturated heterocycles. The molecule has 0 aromatic heterocycles. The van der Waals surface area contributed by atoms with Crippen molar-refractivity contribution in [1.29, 1.82) is 0 Å². The van der Waals surface area contributed by atoms with Gasteiger partial charge in [0, 0.05) is 25.0 Å². The smallest absolute Gasteiger partial charge is 0.244 e. The molecule has 8 heteroatoms. The van der Waals surface area contributed by atoms with Crippen LogP contribution in [0.2, 0.25) is 10.0 Å². The van der Waals surface area contributed by atoms with E-state index in [1.165, 1.54) is 10.4 Å². The van der Waals surface area contributed by atoms with E-state index in [4.69, 9.17) is 28.9 Å². The minimum atomic E-state index is -3.73. The maximum atomic E-state index is 12.9. The van der Waals surface area contributed by atoms with E-state index >= 15 is 0 Å². The van der Waals surface area contributed by atoms with Gasteiger partial charge in [0.15, 0.2) is 0 Å². The highest BCUT2D eigenvalue weighted by molar-refractivity contribution is 7.89. The van der Waals surface area contributed by atoms with Gasteiger partial charge >= 0.3 is 0 Å². The molecular formula is C16H17Cl3N2O2S. The highest BCUT2D eigenvalue weighted by atomic mass is 35.5. The van der Waals surface area contributed by atoms with Crippen LogP contribution in [0.3, 0.4) is 0 Å². The van der Waals surface area contributed by atoms with E-state index in [0.717, 1.165) is 5.56 Å². The summed E-state index contributed by atoms with van der Waals surface area (Å²) < 4.78 is 27.1. The van der Waals surface area contributed by atoms with E-state index in [1.807, 2.05) is 30.3 Å². The largest absolute Gasteiger partial charge is 0.326 e. The highest BCUT2D eigenvalue weighted by Gasteiger charge is 2.39. The Bertz CT molecular complexity index is 815. The monoisotopic (exact) mass is 406 g/mol.